The first kappa shape index (κ1) is 16.1. The summed E-state index contributed by atoms with van der Waals surface area (Å²) in [5, 5.41) is 9.51. The molecule has 0 aromatic heterocycles. The molecule has 1 heterocycles. The number of carbonyl (C=O) groups is 1. The average Bonchev–Trinajstić information content (AvgIpc) is 2.59. The van der Waals surface area contributed by atoms with E-state index in [9.17, 15) is 10.1 Å². The molecule has 0 amide bonds. The molecule has 1 atom stereocenters. The van der Waals surface area contributed by atoms with Gasteiger partial charge < -0.3 is 15.2 Å². The molecule has 1 unspecified atom stereocenters. The molecule has 0 fully saturated rings. The van der Waals surface area contributed by atoms with Gasteiger partial charge in [0.1, 0.15) is 23.2 Å². The molecule has 24 heavy (non-hydrogen) atoms. The second-order valence-electron chi connectivity index (χ2n) is 5.96. The maximum absolute atomic E-state index is 12.5. The zero-order valence-corrected chi connectivity index (χ0v) is 13.7. The lowest BCUT2D eigenvalue weighted by molar-refractivity contribution is -0.116. The molecular formula is C19H20N2O3. The monoisotopic (exact) mass is 324 g/mol. The Morgan fingerprint density at radius 3 is 2.75 bits per heavy atom. The summed E-state index contributed by atoms with van der Waals surface area (Å²) >= 11 is 0. The van der Waals surface area contributed by atoms with Crippen LogP contribution in [0.4, 0.5) is 0 Å². The van der Waals surface area contributed by atoms with Crippen LogP contribution in [0.5, 0.6) is 5.75 Å². The van der Waals surface area contributed by atoms with Gasteiger partial charge in [-0.05, 0) is 30.5 Å². The summed E-state index contributed by atoms with van der Waals surface area (Å²) in [6, 6.07) is 9.61. The van der Waals surface area contributed by atoms with Crippen molar-refractivity contribution < 1.29 is 14.3 Å². The molecule has 0 radical (unpaired) electrons. The normalized spacial score (nSPS) is 20.3. The highest BCUT2D eigenvalue weighted by molar-refractivity contribution is 5.99. The van der Waals surface area contributed by atoms with Gasteiger partial charge >= 0.3 is 0 Å². The molecule has 1 aromatic rings. The highest BCUT2D eigenvalue weighted by Gasteiger charge is 2.37. The zero-order valence-electron chi connectivity index (χ0n) is 13.7. The van der Waals surface area contributed by atoms with E-state index in [0.717, 1.165) is 24.2 Å². The number of nitrogens with zero attached hydrogens (tertiary/aromatic N) is 1. The molecule has 2 aliphatic rings. The molecule has 1 aliphatic carbocycles. The van der Waals surface area contributed by atoms with E-state index in [1.54, 1.807) is 0 Å². The summed E-state index contributed by atoms with van der Waals surface area (Å²) in [6.45, 7) is 2.70. The highest BCUT2D eigenvalue weighted by atomic mass is 16.5. The Balaban J connectivity index is 2.01. The summed E-state index contributed by atoms with van der Waals surface area (Å²) in [7, 11) is 0. The minimum atomic E-state index is -0.452. The molecule has 1 aliphatic heterocycles. The fourth-order valence-corrected chi connectivity index (χ4v) is 3.17. The number of ketones is 1. The van der Waals surface area contributed by atoms with Crippen LogP contribution in [0.3, 0.4) is 0 Å². The minimum Gasteiger partial charge on any atom is -0.494 e. The lowest BCUT2D eigenvalue weighted by Crippen LogP contribution is -2.27. The van der Waals surface area contributed by atoms with Crippen LogP contribution in [0.1, 0.15) is 44.1 Å². The summed E-state index contributed by atoms with van der Waals surface area (Å²) in [5.41, 5.74) is 7.66. The fourth-order valence-electron chi connectivity index (χ4n) is 3.17. The third kappa shape index (κ3) is 2.88. The first-order chi connectivity index (χ1) is 11.7. The Hall–Kier alpha value is -2.74. The third-order valence-corrected chi connectivity index (χ3v) is 4.29. The van der Waals surface area contributed by atoms with E-state index < -0.39 is 5.92 Å². The zero-order chi connectivity index (χ0) is 17.1. The van der Waals surface area contributed by atoms with Crippen molar-refractivity contribution in [3.63, 3.8) is 0 Å². The van der Waals surface area contributed by atoms with Crippen molar-refractivity contribution in [2.75, 3.05) is 6.61 Å². The van der Waals surface area contributed by atoms with Crippen molar-refractivity contribution in [3.05, 3.63) is 52.6 Å². The lowest BCUT2D eigenvalue weighted by Gasteiger charge is -2.31. The Labute approximate surface area is 141 Å². The van der Waals surface area contributed by atoms with E-state index in [-0.39, 0.29) is 11.7 Å². The third-order valence-electron chi connectivity index (χ3n) is 4.29. The number of rotatable bonds is 4. The van der Waals surface area contributed by atoms with Crippen molar-refractivity contribution in [3.8, 4) is 11.8 Å². The number of nitrogens with two attached hydrogens (primary N) is 1. The molecule has 5 heteroatoms. The van der Waals surface area contributed by atoms with E-state index in [0.29, 0.717) is 36.4 Å². The smallest absolute Gasteiger partial charge is 0.205 e. The van der Waals surface area contributed by atoms with Crippen molar-refractivity contribution in [1.82, 2.24) is 0 Å². The van der Waals surface area contributed by atoms with Gasteiger partial charge in [-0.15, -0.1) is 0 Å². The molecule has 0 saturated carbocycles. The van der Waals surface area contributed by atoms with E-state index in [4.69, 9.17) is 15.2 Å². The van der Waals surface area contributed by atoms with Gasteiger partial charge in [0, 0.05) is 18.4 Å². The average molecular weight is 324 g/mol. The number of ether oxygens (including phenoxy) is 2. The molecule has 3 rings (SSSR count). The molecule has 0 saturated heterocycles. The SMILES string of the molecule is CCCOc1ccc(C2C(C#N)=C(N)OC3=C2C(=O)CCC3)cc1. The van der Waals surface area contributed by atoms with Crippen molar-refractivity contribution in [2.24, 2.45) is 5.73 Å². The van der Waals surface area contributed by atoms with Gasteiger partial charge in [-0.3, -0.25) is 4.79 Å². The summed E-state index contributed by atoms with van der Waals surface area (Å²) < 4.78 is 11.2. The Morgan fingerprint density at radius 1 is 1.33 bits per heavy atom. The predicted octanol–water partition coefficient (Wildman–Crippen LogP) is 3.29. The van der Waals surface area contributed by atoms with Gasteiger partial charge in [-0.25, -0.2) is 0 Å². The number of carbonyl (C=O) groups excluding carboxylic acids is 1. The number of hydrogen-bond donors (Lipinski definition) is 1. The predicted molar refractivity (Wildman–Crippen MR) is 88.8 cm³/mol. The Bertz CT molecular complexity index is 754. The van der Waals surface area contributed by atoms with Gasteiger partial charge in [0.15, 0.2) is 5.78 Å². The van der Waals surface area contributed by atoms with Crippen molar-refractivity contribution in [1.29, 1.82) is 5.26 Å². The lowest BCUT2D eigenvalue weighted by atomic mass is 9.77. The maximum atomic E-state index is 12.5. The topological polar surface area (TPSA) is 85.3 Å². The Kier molecular flexibility index (Phi) is 4.57. The first-order valence-electron chi connectivity index (χ1n) is 8.22. The molecule has 0 spiro atoms. The standard InChI is InChI=1S/C19H20N2O3/c1-2-10-23-13-8-6-12(7-9-13)17-14(11-20)19(21)24-16-5-3-4-15(22)18(16)17/h6-9,17H,2-5,10,21H2,1H3. The van der Waals surface area contributed by atoms with Crippen LogP contribution in [-0.4, -0.2) is 12.4 Å². The van der Waals surface area contributed by atoms with Crippen LogP contribution in [0.15, 0.2) is 47.1 Å². The molecule has 2 N–H and O–H groups in total. The quantitative estimate of drug-likeness (QED) is 0.918. The molecule has 0 bridgehead atoms. The van der Waals surface area contributed by atoms with Crippen LogP contribution in [0.2, 0.25) is 0 Å². The van der Waals surface area contributed by atoms with E-state index in [1.807, 2.05) is 31.2 Å². The summed E-state index contributed by atoms with van der Waals surface area (Å²) in [4.78, 5) is 12.5. The second-order valence-corrected chi connectivity index (χ2v) is 5.96. The van der Waals surface area contributed by atoms with Crippen LogP contribution in [0, 0.1) is 11.3 Å². The van der Waals surface area contributed by atoms with Crippen LogP contribution in [0.25, 0.3) is 0 Å². The molecular weight excluding hydrogens is 304 g/mol. The fraction of sp³-hybridized carbons (Fsp3) is 0.368. The summed E-state index contributed by atoms with van der Waals surface area (Å²) in [6.07, 6.45) is 2.84. The number of benzene rings is 1. The summed E-state index contributed by atoms with van der Waals surface area (Å²) in [5.74, 6) is 1.06. The molecule has 1 aromatic carbocycles. The van der Waals surface area contributed by atoms with E-state index in [2.05, 4.69) is 6.07 Å². The van der Waals surface area contributed by atoms with Gasteiger partial charge in [0.05, 0.1) is 12.5 Å². The van der Waals surface area contributed by atoms with Crippen LogP contribution >= 0.6 is 0 Å². The van der Waals surface area contributed by atoms with Gasteiger partial charge in [-0.2, -0.15) is 5.26 Å². The van der Waals surface area contributed by atoms with Gasteiger partial charge in [-0.1, -0.05) is 19.1 Å². The van der Waals surface area contributed by atoms with Crippen molar-refractivity contribution in [2.45, 2.75) is 38.5 Å². The number of nitriles is 1. The number of hydrogen-bond acceptors (Lipinski definition) is 5. The maximum Gasteiger partial charge on any atom is 0.205 e. The number of allylic oxidation sites excluding steroid dienone is 3. The van der Waals surface area contributed by atoms with Gasteiger partial charge in [0.25, 0.3) is 0 Å². The molecule has 5 nitrogen and oxygen atoms in total. The van der Waals surface area contributed by atoms with Crippen LogP contribution in [-0.2, 0) is 9.53 Å². The number of Topliss-reactive ketones (excluding diaryl/α,β-unsaturated/α-hetero) is 1. The first-order valence-corrected chi connectivity index (χ1v) is 8.22. The molecule has 124 valence electrons. The van der Waals surface area contributed by atoms with Crippen LogP contribution < -0.4 is 10.5 Å². The van der Waals surface area contributed by atoms with E-state index >= 15 is 0 Å². The largest absolute Gasteiger partial charge is 0.494 e. The second kappa shape index (κ2) is 6.79. The van der Waals surface area contributed by atoms with Crippen molar-refractivity contribution >= 4 is 5.78 Å². The van der Waals surface area contributed by atoms with E-state index in [1.165, 1.54) is 0 Å². The minimum absolute atomic E-state index is 0.0350. The Morgan fingerprint density at radius 2 is 2.08 bits per heavy atom. The highest BCUT2D eigenvalue weighted by Crippen LogP contribution is 2.43. The van der Waals surface area contributed by atoms with Gasteiger partial charge in [0.2, 0.25) is 5.88 Å².